The first-order valence-corrected chi connectivity index (χ1v) is 5.38. The minimum absolute atomic E-state index is 0.394. The molecule has 2 bridgehead atoms. The second-order valence-electron chi connectivity index (χ2n) is 4.48. The molecular formula is C12H15NO. The highest BCUT2D eigenvalue weighted by molar-refractivity contribution is 5.32. The van der Waals surface area contributed by atoms with Gasteiger partial charge in [-0.3, -0.25) is 0 Å². The smallest absolute Gasteiger partial charge is 0.115 e. The van der Waals surface area contributed by atoms with Crippen LogP contribution >= 0.6 is 0 Å². The van der Waals surface area contributed by atoms with Crippen molar-refractivity contribution >= 4 is 0 Å². The summed E-state index contributed by atoms with van der Waals surface area (Å²) in [4.78, 5) is 0. The summed E-state index contributed by atoms with van der Waals surface area (Å²) in [7, 11) is 0. The maximum absolute atomic E-state index is 9.42. The Hall–Kier alpha value is -1.02. The van der Waals surface area contributed by atoms with Crippen LogP contribution in [0.25, 0.3) is 0 Å². The molecule has 2 aliphatic rings. The second kappa shape index (κ2) is 2.99. The lowest BCUT2D eigenvalue weighted by atomic mass is 9.84. The molecule has 3 rings (SSSR count). The van der Waals surface area contributed by atoms with Gasteiger partial charge >= 0.3 is 0 Å². The minimum Gasteiger partial charge on any atom is -0.508 e. The Labute approximate surface area is 84.0 Å². The second-order valence-corrected chi connectivity index (χ2v) is 4.48. The third-order valence-corrected chi connectivity index (χ3v) is 3.60. The van der Waals surface area contributed by atoms with E-state index in [0.717, 1.165) is 6.04 Å². The fraction of sp³-hybridized carbons (Fsp3) is 0.500. The summed E-state index contributed by atoms with van der Waals surface area (Å²) in [6.45, 7) is 0. The average molecular weight is 189 g/mol. The normalized spacial score (nSPS) is 35.0. The van der Waals surface area contributed by atoms with Gasteiger partial charge < -0.3 is 10.4 Å². The van der Waals surface area contributed by atoms with Crippen LogP contribution in [-0.4, -0.2) is 17.2 Å². The van der Waals surface area contributed by atoms with Gasteiger partial charge in [-0.05, 0) is 37.0 Å². The number of nitrogens with one attached hydrogen (secondary N) is 1. The van der Waals surface area contributed by atoms with E-state index < -0.39 is 0 Å². The van der Waals surface area contributed by atoms with Crippen molar-refractivity contribution in [2.45, 2.75) is 37.3 Å². The van der Waals surface area contributed by atoms with E-state index in [9.17, 15) is 5.11 Å². The molecule has 0 aliphatic carbocycles. The van der Waals surface area contributed by atoms with E-state index >= 15 is 0 Å². The average Bonchev–Trinajstić information content (AvgIpc) is 2.78. The van der Waals surface area contributed by atoms with Gasteiger partial charge in [-0.15, -0.1) is 0 Å². The van der Waals surface area contributed by atoms with Crippen LogP contribution in [0.5, 0.6) is 5.75 Å². The molecule has 1 aromatic rings. The third kappa shape index (κ3) is 1.22. The van der Waals surface area contributed by atoms with E-state index in [1.165, 1.54) is 24.8 Å². The molecule has 0 radical (unpaired) electrons. The van der Waals surface area contributed by atoms with Crippen LogP contribution in [0.2, 0.25) is 0 Å². The topological polar surface area (TPSA) is 32.3 Å². The van der Waals surface area contributed by atoms with Gasteiger partial charge in [-0.2, -0.15) is 0 Å². The number of phenolic OH excluding ortho intramolecular Hbond substituents is 1. The summed E-state index contributed by atoms with van der Waals surface area (Å²) in [5.74, 6) is 1.02. The number of hydrogen-bond donors (Lipinski definition) is 2. The maximum Gasteiger partial charge on any atom is 0.115 e. The molecule has 0 aromatic heterocycles. The number of aromatic hydroxyl groups is 1. The molecule has 0 spiro atoms. The van der Waals surface area contributed by atoms with Gasteiger partial charge in [0.15, 0.2) is 0 Å². The van der Waals surface area contributed by atoms with Crippen molar-refractivity contribution in [1.82, 2.24) is 5.32 Å². The Morgan fingerprint density at radius 3 is 2.86 bits per heavy atom. The zero-order chi connectivity index (χ0) is 9.54. The summed E-state index contributed by atoms with van der Waals surface area (Å²) >= 11 is 0. The van der Waals surface area contributed by atoms with Gasteiger partial charge in [-0.1, -0.05) is 12.1 Å². The van der Waals surface area contributed by atoms with Crippen molar-refractivity contribution in [3.8, 4) is 5.75 Å². The molecule has 0 saturated carbocycles. The van der Waals surface area contributed by atoms with E-state index in [1.54, 1.807) is 6.07 Å². The number of phenols is 1. The lowest BCUT2D eigenvalue weighted by Gasteiger charge is -2.20. The van der Waals surface area contributed by atoms with Crippen molar-refractivity contribution in [2.24, 2.45) is 0 Å². The molecule has 2 heterocycles. The minimum atomic E-state index is 0.394. The number of hydrogen-bond acceptors (Lipinski definition) is 2. The fourth-order valence-electron chi connectivity index (χ4n) is 2.95. The van der Waals surface area contributed by atoms with Crippen molar-refractivity contribution in [2.75, 3.05) is 0 Å². The molecular weight excluding hydrogens is 174 g/mol. The van der Waals surface area contributed by atoms with Gasteiger partial charge in [-0.25, -0.2) is 0 Å². The molecule has 2 saturated heterocycles. The SMILES string of the molecule is Oc1cccc([C@H]2CC3CCC2N3)c1. The molecule has 1 aromatic carbocycles. The van der Waals surface area contributed by atoms with Crippen LogP contribution in [0, 0.1) is 0 Å². The van der Waals surface area contributed by atoms with E-state index in [4.69, 9.17) is 0 Å². The van der Waals surface area contributed by atoms with E-state index in [1.807, 2.05) is 12.1 Å². The Bertz CT molecular complexity index is 350. The monoisotopic (exact) mass is 189 g/mol. The summed E-state index contributed by atoms with van der Waals surface area (Å²) < 4.78 is 0. The van der Waals surface area contributed by atoms with Crippen LogP contribution in [-0.2, 0) is 0 Å². The fourth-order valence-corrected chi connectivity index (χ4v) is 2.95. The van der Waals surface area contributed by atoms with Crippen LogP contribution in [0.4, 0.5) is 0 Å². The standard InChI is InChI=1S/C12H15NO/c14-10-3-1-2-8(6-10)11-7-9-4-5-12(11)13-9/h1-3,6,9,11-14H,4-5,7H2/t9?,11-,12?/m1/s1. The predicted octanol–water partition coefficient (Wildman–Crippen LogP) is 2.00. The summed E-state index contributed by atoms with van der Waals surface area (Å²) in [6.07, 6.45) is 3.87. The third-order valence-electron chi connectivity index (χ3n) is 3.60. The first-order chi connectivity index (χ1) is 6.83. The molecule has 74 valence electrons. The van der Waals surface area contributed by atoms with Crippen molar-refractivity contribution in [1.29, 1.82) is 0 Å². The zero-order valence-corrected chi connectivity index (χ0v) is 8.11. The molecule has 2 unspecified atom stereocenters. The van der Waals surface area contributed by atoms with E-state index in [0.29, 0.717) is 17.7 Å². The molecule has 0 amide bonds. The lowest BCUT2D eigenvalue weighted by molar-refractivity contribution is 0.468. The molecule has 2 aliphatic heterocycles. The molecule has 2 nitrogen and oxygen atoms in total. The van der Waals surface area contributed by atoms with Gasteiger partial charge in [0.2, 0.25) is 0 Å². The molecule has 2 N–H and O–H groups in total. The Kier molecular flexibility index (Phi) is 1.77. The summed E-state index contributed by atoms with van der Waals surface area (Å²) in [5.41, 5.74) is 1.30. The van der Waals surface area contributed by atoms with E-state index in [-0.39, 0.29) is 0 Å². The summed E-state index contributed by atoms with van der Waals surface area (Å²) in [6, 6.07) is 9.11. The van der Waals surface area contributed by atoms with Gasteiger partial charge in [0.05, 0.1) is 0 Å². The number of rotatable bonds is 1. The number of benzene rings is 1. The predicted molar refractivity (Wildman–Crippen MR) is 55.4 cm³/mol. The first kappa shape index (κ1) is 8.30. The highest BCUT2D eigenvalue weighted by Crippen LogP contribution is 2.40. The zero-order valence-electron chi connectivity index (χ0n) is 8.11. The van der Waals surface area contributed by atoms with Gasteiger partial charge in [0.25, 0.3) is 0 Å². The van der Waals surface area contributed by atoms with Crippen molar-refractivity contribution in [3.05, 3.63) is 29.8 Å². The summed E-state index contributed by atoms with van der Waals surface area (Å²) in [5, 5.41) is 13.0. The molecule has 2 heteroatoms. The Balaban J connectivity index is 1.89. The maximum atomic E-state index is 9.42. The Morgan fingerprint density at radius 2 is 2.21 bits per heavy atom. The molecule has 2 fully saturated rings. The van der Waals surface area contributed by atoms with Crippen LogP contribution in [0.15, 0.2) is 24.3 Å². The number of fused-ring (bicyclic) bond motifs is 2. The van der Waals surface area contributed by atoms with Gasteiger partial charge in [0.1, 0.15) is 5.75 Å². The molecule has 3 atom stereocenters. The van der Waals surface area contributed by atoms with Crippen molar-refractivity contribution in [3.63, 3.8) is 0 Å². The first-order valence-electron chi connectivity index (χ1n) is 5.38. The van der Waals surface area contributed by atoms with E-state index in [2.05, 4.69) is 11.4 Å². The van der Waals surface area contributed by atoms with Gasteiger partial charge in [0, 0.05) is 18.0 Å². The van der Waals surface area contributed by atoms with Crippen LogP contribution in [0.1, 0.15) is 30.7 Å². The molecule has 14 heavy (non-hydrogen) atoms. The lowest BCUT2D eigenvalue weighted by Crippen LogP contribution is -2.21. The highest BCUT2D eigenvalue weighted by Gasteiger charge is 2.39. The van der Waals surface area contributed by atoms with Crippen LogP contribution < -0.4 is 5.32 Å². The van der Waals surface area contributed by atoms with Crippen LogP contribution in [0.3, 0.4) is 0 Å². The quantitative estimate of drug-likeness (QED) is 0.708. The highest BCUT2D eigenvalue weighted by atomic mass is 16.3. The van der Waals surface area contributed by atoms with Crippen molar-refractivity contribution < 1.29 is 5.11 Å². The Morgan fingerprint density at radius 1 is 1.29 bits per heavy atom. The largest absolute Gasteiger partial charge is 0.508 e.